The first-order valence-corrected chi connectivity index (χ1v) is 11.8. The van der Waals surface area contributed by atoms with Crippen molar-refractivity contribution in [1.82, 2.24) is 15.5 Å². The van der Waals surface area contributed by atoms with Gasteiger partial charge < -0.3 is 10.1 Å². The Kier molecular flexibility index (Phi) is 6.69. The van der Waals surface area contributed by atoms with Crippen molar-refractivity contribution in [2.45, 2.75) is 65.0 Å². The summed E-state index contributed by atoms with van der Waals surface area (Å²) in [6.45, 7) is 5.98. The third-order valence-electron chi connectivity index (χ3n) is 6.84. The lowest BCUT2D eigenvalue weighted by Crippen LogP contribution is -2.50. The maximum Gasteiger partial charge on any atom is 0.272 e. The molecule has 0 radical (unpaired) electrons. The number of hydrogen-bond donors (Lipinski definition) is 2. The second-order valence-corrected chi connectivity index (χ2v) is 9.47. The van der Waals surface area contributed by atoms with Crippen LogP contribution < -0.4 is 15.6 Å². The Hall–Kier alpha value is -3.66. The highest BCUT2D eigenvalue weighted by molar-refractivity contribution is 5.95. The fourth-order valence-corrected chi connectivity index (χ4v) is 4.89. The number of hydrogen-bond acceptors (Lipinski definition) is 5. The number of nitriles is 1. The molecule has 3 aromatic rings. The van der Waals surface area contributed by atoms with Gasteiger partial charge in [-0.05, 0) is 69.2 Å². The average Bonchev–Trinajstić information content (AvgIpc) is 2.81. The minimum absolute atomic E-state index is 0.0479. The van der Waals surface area contributed by atoms with Crippen LogP contribution in [0.25, 0.3) is 10.8 Å². The number of rotatable bonds is 8. The van der Waals surface area contributed by atoms with E-state index < -0.39 is 0 Å². The summed E-state index contributed by atoms with van der Waals surface area (Å²) >= 11 is 0. The van der Waals surface area contributed by atoms with E-state index in [-0.39, 0.29) is 29.0 Å². The number of aromatic nitrogens is 2. The van der Waals surface area contributed by atoms with Crippen molar-refractivity contribution in [1.29, 1.82) is 5.26 Å². The Labute approximate surface area is 199 Å². The summed E-state index contributed by atoms with van der Waals surface area (Å²) < 4.78 is 5.64. The molecule has 1 aliphatic carbocycles. The molecule has 0 atom stereocenters. The van der Waals surface area contributed by atoms with E-state index in [2.05, 4.69) is 28.5 Å². The van der Waals surface area contributed by atoms with Gasteiger partial charge in [0.2, 0.25) is 0 Å². The molecule has 0 aliphatic heterocycles. The van der Waals surface area contributed by atoms with E-state index in [4.69, 9.17) is 4.74 Å². The summed E-state index contributed by atoms with van der Waals surface area (Å²) in [5.74, 6) is 0.321. The number of carbonyl (C=O) groups is 1. The van der Waals surface area contributed by atoms with Gasteiger partial charge in [0.05, 0.1) is 22.7 Å². The zero-order chi connectivity index (χ0) is 24.3. The number of fused-ring (bicyclic) bond motifs is 1. The van der Waals surface area contributed by atoms with E-state index in [1.54, 1.807) is 18.2 Å². The van der Waals surface area contributed by atoms with Gasteiger partial charge in [0.1, 0.15) is 11.8 Å². The van der Waals surface area contributed by atoms with Crippen molar-refractivity contribution >= 4 is 16.7 Å². The van der Waals surface area contributed by atoms with Crippen LogP contribution in [0.3, 0.4) is 0 Å². The molecule has 0 unspecified atom stereocenters. The van der Waals surface area contributed by atoms with E-state index >= 15 is 0 Å². The summed E-state index contributed by atoms with van der Waals surface area (Å²) in [4.78, 5) is 24.8. The molecule has 0 saturated heterocycles. The van der Waals surface area contributed by atoms with Crippen molar-refractivity contribution in [2.24, 2.45) is 5.41 Å². The first-order chi connectivity index (χ1) is 16.3. The molecule has 2 N–H and O–H groups in total. The van der Waals surface area contributed by atoms with E-state index in [1.165, 1.54) is 0 Å². The molecule has 2 aromatic carbocycles. The van der Waals surface area contributed by atoms with Crippen LogP contribution in [-0.4, -0.2) is 28.3 Å². The smallest absolute Gasteiger partial charge is 0.272 e. The summed E-state index contributed by atoms with van der Waals surface area (Å²) in [6, 6.07) is 14.7. The average molecular weight is 459 g/mol. The second kappa shape index (κ2) is 9.68. The molecule has 34 heavy (non-hydrogen) atoms. The highest BCUT2D eigenvalue weighted by Crippen LogP contribution is 2.47. The van der Waals surface area contributed by atoms with Crippen molar-refractivity contribution in [2.75, 3.05) is 0 Å². The molecule has 7 heteroatoms. The van der Waals surface area contributed by atoms with Crippen LogP contribution in [-0.2, 0) is 6.42 Å². The van der Waals surface area contributed by atoms with Crippen LogP contribution in [0, 0.1) is 16.7 Å². The number of aromatic amines is 1. The van der Waals surface area contributed by atoms with Gasteiger partial charge in [-0.15, -0.1) is 0 Å². The monoisotopic (exact) mass is 458 g/mol. The van der Waals surface area contributed by atoms with Crippen molar-refractivity contribution in [3.63, 3.8) is 0 Å². The molecule has 7 nitrogen and oxygen atoms in total. The lowest BCUT2D eigenvalue weighted by molar-refractivity contribution is 0.0571. The lowest BCUT2D eigenvalue weighted by atomic mass is 9.61. The number of carbonyl (C=O) groups excluding carboxylic acids is 1. The number of ether oxygens (including phenoxy) is 1. The predicted octanol–water partition coefficient (Wildman–Crippen LogP) is 4.50. The van der Waals surface area contributed by atoms with E-state index in [0.29, 0.717) is 22.3 Å². The Morgan fingerprint density at radius 2 is 2.00 bits per heavy atom. The molecule has 1 fully saturated rings. The summed E-state index contributed by atoms with van der Waals surface area (Å²) in [5.41, 5.74) is 1.70. The Morgan fingerprint density at radius 3 is 2.68 bits per heavy atom. The molecule has 1 aliphatic rings. The maximum atomic E-state index is 12.8. The van der Waals surface area contributed by atoms with Gasteiger partial charge in [-0.25, -0.2) is 5.10 Å². The first-order valence-electron chi connectivity index (χ1n) is 11.8. The maximum absolute atomic E-state index is 12.8. The predicted molar refractivity (Wildman–Crippen MR) is 131 cm³/mol. The highest BCUT2D eigenvalue weighted by atomic mass is 16.5. The largest absolute Gasteiger partial charge is 0.490 e. The van der Waals surface area contributed by atoms with Gasteiger partial charge in [0, 0.05) is 17.0 Å². The number of benzene rings is 2. The van der Waals surface area contributed by atoms with E-state index in [9.17, 15) is 14.9 Å². The molecule has 1 saturated carbocycles. The minimum atomic E-state index is -0.171. The summed E-state index contributed by atoms with van der Waals surface area (Å²) in [7, 11) is 0. The van der Waals surface area contributed by atoms with Crippen LogP contribution in [0.15, 0.2) is 47.3 Å². The SMILES string of the molecule is CCC1(CCc2n[nH]c(=O)c3ccccc23)CC(NC(=O)c2ccc(OC(C)C)c(C#N)c2)C1. The molecular weight excluding hydrogens is 428 g/mol. The molecule has 176 valence electrons. The topological polar surface area (TPSA) is 108 Å². The standard InChI is InChI=1S/C27H30N4O3/c1-4-27(12-11-23-21-7-5-6-8-22(21)26(33)31-30-23)14-20(15-27)29-25(32)18-9-10-24(34-17(2)3)19(13-18)16-28/h5-10,13,17,20H,4,11-12,14-15H2,1-3H3,(H,29,32)(H,31,33). The van der Waals surface area contributed by atoms with Crippen LogP contribution >= 0.6 is 0 Å². The van der Waals surface area contributed by atoms with Crippen molar-refractivity contribution in [3.05, 3.63) is 69.6 Å². The molecule has 4 rings (SSSR count). The van der Waals surface area contributed by atoms with Gasteiger partial charge in [0.15, 0.2) is 0 Å². The van der Waals surface area contributed by atoms with Gasteiger partial charge >= 0.3 is 0 Å². The van der Waals surface area contributed by atoms with E-state index in [0.717, 1.165) is 43.2 Å². The van der Waals surface area contributed by atoms with E-state index in [1.807, 2.05) is 38.1 Å². The normalized spacial score (nSPS) is 19.4. The number of amides is 1. The molecule has 1 aromatic heterocycles. The Bertz CT molecular complexity index is 1300. The third-order valence-corrected chi connectivity index (χ3v) is 6.84. The fraction of sp³-hybridized carbons (Fsp3) is 0.407. The van der Waals surface area contributed by atoms with Gasteiger partial charge in [-0.2, -0.15) is 10.4 Å². The van der Waals surface area contributed by atoms with Crippen molar-refractivity contribution in [3.8, 4) is 11.8 Å². The Balaban J connectivity index is 1.38. The molecule has 0 spiro atoms. The zero-order valence-corrected chi connectivity index (χ0v) is 19.9. The minimum Gasteiger partial charge on any atom is -0.490 e. The third kappa shape index (κ3) is 4.81. The Morgan fingerprint density at radius 1 is 1.26 bits per heavy atom. The quantitative estimate of drug-likeness (QED) is 0.517. The summed E-state index contributed by atoms with van der Waals surface area (Å²) in [5, 5.41) is 21.0. The van der Waals surface area contributed by atoms with Crippen LogP contribution in [0.2, 0.25) is 0 Å². The first kappa shape index (κ1) is 23.5. The number of nitrogens with one attached hydrogen (secondary N) is 2. The molecule has 0 bridgehead atoms. The highest BCUT2D eigenvalue weighted by Gasteiger charge is 2.43. The van der Waals surface area contributed by atoms with Gasteiger partial charge in [0.25, 0.3) is 11.5 Å². The van der Waals surface area contributed by atoms with Gasteiger partial charge in [-0.1, -0.05) is 31.5 Å². The lowest BCUT2D eigenvalue weighted by Gasteiger charge is -2.48. The molecule has 1 amide bonds. The number of aryl methyl sites for hydroxylation is 1. The van der Waals surface area contributed by atoms with Crippen LogP contribution in [0.1, 0.15) is 68.1 Å². The number of nitrogens with zero attached hydrogens (tertiary/aromatic N) is 2. The molecular formula is C27H30N4O3. The number of H-pyrrole nitrogens is 1. The zero-order valence-electron chi connectivity index (χ0n) is 19.9. The summed E-state index contributed by atoms with van der Waals surface area (Å²) in [6.07, 6.45) is 4.48. The van der Waals surface area contributed by atoms with Crippen LogP contribution in [0.4, 0.5) is 0 Å². The fourth-order valence-electron chi connectivity index (χ4n) is 4.89. The molecule has 1 heterocycles. The van der Waals surface area contributed by atoms with Crippen LogP contribution in [0.5, 0.6) is 5.75 Å². The second-order valence-electron chi connectivity index (χ2n) is 9.47. The van der Waals surface area contributed by atoms with Crippen molar-refractivity contribution < 1.29 is 9.53 Å². The van der Waals surface area contributed by atoms with Gasteiger partial charge in [-0.3, -0.25) is 9.59 Å².